The first-order chi connectivity index (χ1) is 8.36. The van der Waals surface area contributed by atoms with E-state index in [4.69, 9.17) is 5.73 Å². The van der Waals surface area contributed by atoms with Gasteiger partial charge in [-0.15, -0.1) is 0 Å². The van der Waals surface area contributed by atoms with E-state index < -0.39 is 0 Å². The van der Waals surface area contributed by atoms with E-state index in [9.17, 15) is 4.79 Å². The Hall–Kier alpha value is -1.52. The van der Waals surface area contributed by atoms with E-state index >= 15 is 0 Å². The van der Waals surface area contributed by atoms with Gasteiger partial charge in [0.25, 0.3) is 0 Å². The van der Waals surface area contributed by atoms with Crippen molar-refractivity contribution < 1.29 is 4.79 Å². The molecule has 1 amide bonds. The van der Waals surface area contributed by atoms with Gasteiger partial charge in [0.05, 0.1) is 6.54 Å². The van der Waals surface area contributed by atoms with Gasteiger partial charge in [-0.2, -0.15) is 5.10 Å². The molecule has 1 aromatic rings. The van der Waals surface area contributed by atoms with Gasteiger partial charge in [-0.3, -0.25) is 9.48 Å². The molecule has 0 spiro atoms. The van der Waals surface area contributed by atoms with Crippen molar-refractivity contribution in [1.29, 1.82) is 0 Å². The SMILES string of the molecule is CC(C)(C)C1CC(=O)N(CCn2ccc(N)n2)C1. The number of likely N-dealkylation sites (tertiary alicyclic amines) is 1. The van der Waals surface area contributed by atoms with Crippen LogP contribution in [0.15, 0.2) is 12.3 Å². The Morgan fingerprint density at radius 2 is 2.17 bits per heavy atom. The Morgan fingerprint density at radius 1 is 1.44 bits per heavy atom. The molecular weight excluding hydrogens is 228 g/mol. The molecule has 1 aliphatic rings. The van der Waals surface area contributed by atoms with Crippen LogP contribution in [0.5, 0.6) is 0 Å². The minimum absolute atomic E-state index is 0.195. The van der Waals surface area contributed by atoms with Crippen LogP contribution in [0.3, 0.4) is 0 Å². The molecule has 0 radical (unpaired) electrons. The number of aromatic nitrogens is 2. The van der Waals surface area contributed by atoms with Crippen molar-refractivity contribution in [2.75, 3.05) is 18.8 Å². The second kappa shape index (κ2) is 4.63. The maximum absolute atomic E-state index is 11.9. The number of nitrogen functional groups attached to an aromatic ring is 1. The fraction of sp³-hybridized carbons (Fsp3) is 0.692. The first kappa shape index (κ1) is 12.9. The molecule has 2 N–H and O–H groups in total. The lowest BCUT2D eigenvalue weighted by Gasteiger charge is -2.26. The standard InChI is InChI=1S/C13H22N4O/c1-13(2,3)10-8-12(18)16(9-10)6-7-17-5-4-11(14)15-17/h4-5,10H,6-9H2,1-3H3,(H2,14,15). The number of anilines is 1. The third-order valence-electron chi connectivity index (χ3n) is 3.70. The van der Waals surface area contributed by atoms with Crippen molar-refractivity contribution in [2.45, 2.75) is 33.7 Å². The summed E-state index contributed by atoms with van der Waals surface area (Å²) in [6.45, 7) is 8.87. The molecule has 1 unspecified atom stereocenters. The number of nitrogens with zero attached hydrogens (tertiary/aromatic N) is 3. The summed E-state index contributed by atoms with van der Waals surface area (Å²) in [6.07, 6.45) is 2.52. The van der Waals surface area contributed by atoms with Gasteiger partial charge in [0.2, 0.25) is 5.91 Å². The van der Waals surface area contributed by atoms with Crippen molar-refractivity contribution in [1.82, 2.24) is 14.7 Å². The van der Waals surface area contributed by atoms with E-state index in [1.165, 1.54) is 0 Å². The van der Waals surface area contributed by atoms with Gasteiger partial charge in [-0.1, -0.05) is 20.8 Å². The second-order valence-electron chi connectivity index (χ2n) is 6.11. The summed E-state index contributed by atoms with van der Waals surface area (Å²) >= 11 is 0. The maximum atomic E-state index is 11.9. The van der Waals surface area contributed by atoms with Crippen molar-refractivity contribution in [3.63, 3.8) is 0 Å². The third kappa shape index (κ3) is 2.83. The lowest BCUT2D eigenvalue weighted by Crippen LogP contribution is -2.30. The minimum atomic E-state index is 0.195. The maximum Gasteiger partial charge on any atom is 0.223 e. The zero-order valence-corrected chi connectivity index (χ0v) is 11.4. The van der Waals surface area contributed by atoms with Crippen molar-refractivity contribution in [3.8, 4) is 0 Å². The summed E-state index contributed by atoms with van der Waals surface area (Å²) in [6, 6.07) is 1.77. The molecule has 0 saturated carbocycles. The first-order valence-corrected chi connectivity index (χ1v) is 6.43. The van der Waals surface area contributed by atoms with Crippen molar-refractivity contribution in [3.05, 3.63) is 12.3 Å². The molecule has 0 bridgehead atoms. The number of hydrogen-bond donors (Lipinski definition) is 1. The zero-order chi connectivity index (χ0) is 13.3. The van der Waals surface area contributed by atoms with Crippen molar-refractivity contribution >= 4 is 11.7 Å². The van der Waals surface area contributed by atoms with E-state index in [1.54, 1.807) is 10.7 Å². The Morgan fingerprint density at radius 3 is 2.67 bits per heavy atom. The topological polar surface area (TPSA) is 64.2 Å². The van der Waals surface area contributed by atoms with E-state index in [1.807, 2.05) is 11.1 Å². The van der Waals surface area contributed by atoms with Crippen LogP contribution in [-0.4, -0.2) is 33.7 Å². The van der Waals surface area contributed by atoms with Gasteiger partial charge >= 0.3 is 0 Å². The molecule has 5 nitrogen and oxygen atoms in total. The molecule has 100 valence electrons. The van der Waals surface area contributed by atoms with Crippen LogP contribution in [0, 0.1) is 11.3 Å². The van der Waals surface area contributed by atoms with Crippen LogP contribution in [0.25, 0.3) is 0 Å². The number of amides is 1. The molecule has 1 aliphatic heterocycles. The van der Waals surface area contributed by atoms with Crippen LogP contribution in [0.1, 0.15) is 27.2 Å². The molecule has 0 aliphatic carbocycles. The van der Waals surface area contributed by atoms with Gasteiger partial charge in [0, 0.05) is 25.7 Å². The van der Waals surface area contributed by atoms with Crippen LogP contribution in [0.2, 0.25) is 0 Å². The Labute approximate surface area is 108 Å². The summed E-state index contributed by atoms with van der Waals surface area (Å²) in [7, 11) is 0. The Balaban J connectivity index is 1.89. The van der Waals surface area contributed by atoms with Crippen LogP contribution < -0.4 is 5.73 Å². The van der Waals surface area contributed by atoms with E-state index in [0.29, 0.717) is 31.2 Å². The van der Waals surface area contributed by atoms with Crippen LogP contribution >= 0.6 is 0 Å². The van der Waals surface area contributed by atoms with E-state index in [-0.39, 0.29) is 11.3 Å². The average molecular weight is 250 g/mol. The summed E-state index contributed by atoms with van der Waals surface area (Å²) in [4.78, 5) is 13.9. The van der Waals surface area contributed by atoms with Gasteiger partial charge in [-0.05, 0) is 17.4 Å². The fourth-order valence-corrected chi connectivity index (χ4v) is 2.29. The number of carbonyl (C=O) groups excluding carboxylic acids is 1. The normalized spacial score (nSPS) is 20.7. The summed E-state index contributed by atoms with van der Waals surface area (Å²) in [5.41, 5.74) is 5.75. The molecule has 2 rings (SSSR count). The van der Waals surface area contributed by atoms with E-state index in [0.717, 1.165) is 6.54 Å². The highest BCUT2D eigenvalue weighted by molar-refractivity contribution is 5.78. The molecule has 1 fully saturated rings. The molecule has 5 heteroatoms. The van der Waals surface area contributed by atoms with Gasteiger partial charge in [-0.25, -0.2) is 0 Å². The van der Waals surface area contributed by atoms with Gasteiger partial charge < -0.3 is 10.6 Å². The van der Waals surface area contributed by atoms with E-state index in [2.05, 4.69) is 25.9 Å². The van der Waals surface area contributed by atoms with Gasteiger partial charge in [0.15, 0.2) is 0 Å². The zero-order valence-electron chi connectivity index (χ0n) is 11.4. The third-order valence-corrected chi connectivity index (χ3v) is 3.70. The smallest absolute Gasteiger partial charge is 0.223 e. The predicted molar refractivity (Wildman–Crippen MR) is 70.8 cm³/mol. The molecule has 18 heavy (non-hydrogen) atoms. The Kier molecular flexibility index (Phi) is 3.32. The molecule has 1 aromatic heterocycles. The van der Waals surface area contributed by atoms with Crippen molar-refractivity contribution in [2.24, 2.45) is 11.3 Å². The average Bonchev–Trinajstić information content (AvgIpc) is 2.81. The van der Waals surface area contributed by atoms with Gasteiger partial charge in [0.1, 0.15) is 5.82 Å². The lowest BCUT2D eigenvalue weighted by molar-refractivity contribution is -0.127. The number of rotatable bonds is 3. The minimum Gasteiger partial charge on any atom is -0.382 e. The highest BCUT2D eigenvalue weighted by atomic mass is 16.2. The number of nitrogens with two attached hydrogens (primary N) is 1. The number of hydrogen-bond acceptors (Lipinski definition) is 3. The van der Waals surface area contributed by atoms with Crippen LogP contribution in [-0.2, 0) is 11.3 Å². The summed E-state index contributed by atoms with van der Waals surface area (Å²) in [5.74, 6) is 1.23. The molecule has 1 saturated heterocycles. The predicted octanol–water partition coefficient (Wildman–Crippen LogP) is 1.36. The second-order valence-corrected chi connectivity index (χ2v) is 6.11. The summed E-state index contributed by atoms with van der Waals surface area (Å²) in [5, 5.41) is 4.12. The number of carbonyl (C=O) groups is 1. The fourth-order valence-electron chi connectivity index (χ4n) is 2.29. The Bertz CT molecular complexity index is 432. The lowest BCUT2D eigenvalue weighted by atomic mass is 9.80. The monoisotopic (exact) mass is 250 g/mol. The molecule has 2 heterocycles. The summed E-state index contributed by atoms with van der Waals surface area (Å²) < 4.78 is 1.78. The molecule has 1 atom stereocenters. The van der Waals surface area contributed by atoms with Crippen LogP contribution in [0.4, 0.5) is 5.82 Å². The molecule has 0 aromatic carbocycles. The first-order valence-electron chi connectivity index (χ1n) is 6.43. The quantitative estimate of drug-likeness (QED) is 0.881. The highest BCUT2D eigenvalue weighted by Crippen LogP contribution is 2.34. The largest absolute Gasteiger partial charge is 0.382 e. The molecular formula is C13H22N4O. The highest BCUT2D eigenvalue weighted by Gasteiger charge is 2.36.